The number of aliphatic hydroxyl groups excluding tert-OH is 1. The summed E-state index contributed by atoms with van der Waals surface area (Å²) >= 11 is 3.65. The molecule has 0 aliphatic carbocycles. The number of benzene rings is 4. The summed E-state index contributed by atoms with van der Waals surface area (Å²) in [5.74, 6) is 0.393. The molecule has 0 aromatic heterocycles. The molecule has 0 radical (unpaired) electrons. The standard InChI is InChI=1S/C34H31BrN2O6S/c35-29-13-6-5-12-28(29)31-34(36-32(43-31)24-15-17-26(18-16-24)42-21-8-20-38)23-25-9-4-7-14-30(25)37(33(34)39)19-22-44(40,41)27-10-2-1-3-11-27/h1-7,9-18,31,38H,8,19-23H2/t31-,34-/m0/s1. The number of sulfone groups is 1. The van der Waals surface area contributed by atoms with Crippen molar-refractivity contribution in [2.24, 2.45) is 4.99 Å². The molecule has 2 atom stereocenters. The molecule has 10 heteroatoms. The van der Waals surface area contributed by atoms with Gasteiger partial charge in [-0.15, -0.1) is 0 Å². The van der Waals surface area contributed by atoms with Crippen molar-refractivity contribution in [3.8, 4) is 5.75 Å². The molecule has 1 amide bonds. The minimum Gasteiger partial charge on any atom is -0.494 e. The lowest BCUT2D eigenvalue weighted by atomic mass is 9.78. The van der Waals surface area contributed by atoms with Gasteiger partial charge in [0.25, 0.3) is 5.91 Å². The van der Waals surface area contributed by atoms with E-state index in [1.807, 2.05) is 60.7 Å². The molecule has 6 rings (SSSR count). The molecule has 1 spiro atoms. The highest BCUT2D eigenvalue weighted by Gasteiger charge is 2.57. The van der Waals surface area contributed by atoms with Crippen molar-refractivity contribution >= 4 is 43.3 Å². The maximum absolute atomic E-state index is 14.7. The summed E-state index contributed by atoms with van der Waals surface area (Å²) in [5, 5.41) is 9.04. The summed E-state index contributed by atoms with van der Waals surface area (Å²) in [7, 11) is -3.65. The second-order valence-corrected chi connectivity index (χ2v) is 13.7. The lowest BCUT2D eigenvalue weighted by Crippen LogP contribution is -2.56. The molecule has 226 valence electrons. The van der Waals surface area contributed by atoms with Crippen LogP contribution in [0.1, 0.15) is 29.2 Å². The zero-order chi connectivity index (χ0) is 30.7. The predicted molar refractivity (Wildman–Crippen MR) is 172 cm³/mol. The average molecular weight is 676 g/mol. The average Bonchev–Trinajstić information content (AvgIpc) is 3.42. The summed E-state index contributed by atoms with van der Waals surface area (Å²) in [5.41, 5.74) is 1.62. The Hall–Kier alpha value is -3.99. The molecule has 44 heavy (non-hydrogen) atoms. The molecule has 1 N–H and O–H groups in total. The summed E-state index contributed by atoms with van der Waals surface area (Å²) < 4.78 is 39.6. The first kappa shape index (κ1) is 30.1. The smallest absolute Gasteiger partial charge is 0.259 e. The Morgan fingerprint density at radius 3 is 2.41 bits per heavy atom. The molecule has 2 heterocycles. The van der Waals surface area contributed by atoms with Gasteiger partial charge in [-0.3, -0.25) is 4.79 Å². The lowest BCUT2D eigenvalue weighted by Gasteiger charge is -2.41. The molecule has 0 bridgehead atoms. The van der Waals surface area contributed by atoms with E-state index in [1.165, 1.54) is 0 Å². The van der Waals surface area contributed by atoms with Crippen LogP contribution in [0, 0.1) is 0 Å². The number of amides is 1. The number of nitrogens with zero attached hydrogens (tertiary/aromatic N) is 2. The molecular formula is C34H31BrN2O6S. The van der Waals surface area contributed by atoms with Gasteiger partial charge in [-0.05, 0) is 54.1 Å². The number of rotatable bonds is 10. The Morgan fingerprint density at radius 2 is 1.66 bits per heavy atom. The third kappa shape index (κ3) is 5.77. The van der Waals surface area contributed by atoms with Crippen molar-refractivity contribution in [1.29, 1.82) is 0 Å². The number of halogens is 1. The number of anilines is 1. The predicted octanol–water partition coefficient (Wildman–Crippen LogP) is 5.53. The van der Waals surface area contributed by atoms with Gasteiger partial charge in [-0.25, -0.2) is 13.4 Å². The second-order valence-electron chi connectivity index (χ2n) is 10.7. The van der Waals surface area contributed by atoms with Gasteiger partial charge in [0.2, 0.25) is 5.90 Å². The van der Waals surface area contributed by atoms with Crippen LogP contribution in [0.4, 0.5) is 5.69 Å². The van der Waals surface area contributed by atoms with E-state index in [0.717, 1.165) is 15.6 Å². The Morgan fingerprint density at radius 1 is 0.955 bits per heavy atom. The van der Waals surface area contributed by atoms with Gasteiger partial charge < -0.3 is 19.5 Å². The van der Waals surface area contributed by atoms with E-state index >= 15 is 0 Å². The van der Waals surface area contributed by atoms with Gasteiger partial charge in [0.1, 0.15) is 5.75 Å². The van der Waals surface area contributed by atoms with Crippen LogP contribution in [-0.4, -0.2) is 56.4 Å². The quantitative estimate of drug-likeness (QED) is 0.222. The fourth-order valence-electron chi connectivity index (χ4n) is 5.67. The number of hydrogen-bond donors (Lipinski definition) is 1. The van der Waals surface area contributed by atoms with Crippen molar-refractivity contribution in [3.05, 3.63) is 124 Å². The molecule has 2 aliphatic rings. The van der Waals surface area contributed by atoms with Crippen LogP contribution in [-0.2, 0) is 25.8 Å². The van der Waals surface area contributed by atoms with Gasteiger partial charge >= 0.3 is 0 Å². The zero-order valence-electron chi connectivity index (χ0n) is 23.8. The van der Waals surface area contributed by atoms with Crippen LogP contribution >= 0.6 is 15.9 Å². The van der Waals surface area contributed by atoms with Gasteiger partial charge in [0, 0.05) is 47.3 Å². The van der Waals surface area contributed by atoms with E-state index in [2.05, 4.69) is 15.9 Å². The third-order valence-electron chi connectivity index (χ3n) is 7.87. The zero-order valence-corrected chi connectivity index (χ0v) is 26.2. The van der Waals surface area contributed by atoms with Gasteiger partial charge in [0.05, 0.1) is 17.3 Å². The number of aliphatic imine (C=N–C) groups is 1. The third-order valence-corrected chi connectivity index (χ3v) is 10.3. The second kappa shape index (κ2) is 12.6. The molecular weight excluding hydrogens is 644 g/mol. The van der Waals surface area contributed by atoms with Crippen molar-refractivity contribution < 1.29 is 27.8 Å². The monoisotopic (exact) mass is 674 g/mol. The first-order chi connectivity index (χ1) is 21.3. The van der Waals surface area contributed by atoms with Gasteiger partial charge in [-0.1, -0.05) is 70.5 Å². The molecule has 2 aliphatic heterocycles. The van der Waals surface area contributed by atoms with Crippen molar-refractivity contribution in [2.75, 3.05) is 30.4 Å². The minimum atomic E-state index is -3.65. The van der Waals surface area contributed by atoms with E-state index in [1.54, 1.807) is 47.4 Å². The largest absolute Gasteiger partial charge is 0.494 e. The molecule has 4 aromatic rings. The highest BCUT2D eigenvalue weighted by molar-refractivity contribution is 9.10. The summed E-state index contributed by atoms with van der Waals surface area (Å²) in [6.45, 7) is 0.403. The van der Waals surface area contributed by atoms with Crippen molar-refractivity contribution in [2.45, 2.75) is 29.4 Å². The van der Waals surface area contributed by atoms with Crippen molar-refractivity contribution in [3.63, 3.8) is 0 Å². The van der Waals surface area contributed by atoms with Gasteiger partial charge in [-0.2, -0.15) is 0 Å². The van der Waals surface area contributed by atoms with Crippen LogP contribution in [0.25, 0.3) is 0 Å². The fourth-order valence-corrected chi connectivity index (χ4v) is 7.39. The first-order valence-corrected chi connectivity index (χ1v) is 16.8. The SMILES string of the molecule is O=C1N(CCS(=O)(=O)c2ccccc2)c2ccccc2C[C@@]12N=C(c1ccc(OCCCO)cc1)O[C@H]2c1ccccc1Br. The van der Waals surface area contributed by atoms with Crippen LogP contribution in [0.3, 0.4) is 0 Å². The maximum atomic E-state index is 14.7. The Balaban J connectivity index is 1.40. The Bertz CT molecular complexity index is 1800. The number of aliphatic hydroxyl groups is 1. The number of carbonyl (C=O) groups excluding carboxylic acids is 1. The van der Waals surface area contributed by atoms with E-state index in [-0.39, 0.29) is 36.1 Å². The Kier molecular flexibility index (Phi) is 8.57. The molecule has 4 aromatic carbocycles. The van der Waals surface area contributed by atoms with Crippen molar-refractivity contribution in [1.82, 2.24) is 0 Å². The molecule has 0 saturated carbocycles. The highest BCUT2D eigenvalue weighted by atomic mass is 79.9. The van der Waals surface area contributed by atoms with Crippen LogP contribution in [0.5, 0.6) is 5.75 Å². The van der Waals surface area contributed by atoms with Crippen LogP contribution in [0.2, 0.25) is 0 Å². The Labute approximate surface area is 265 Å². The topological polar surface area (TPSA) is 106 Å². The summed E-state index contributed by atoms with van der Waals surface area (Å²) in [6, 6.07) is 30.7. The van der Waals surface area contributed by atoms with E-state index in [4.69, 9.17) is 19.6 Å². The normalized spacial score (nSPS) is 19.4. The number of hydrogen-bond acceptors (Lipinski definition) is 7. The number of para-hydroxylation sites is 1. The molecule has 0 saturated heterocycles. The van der Waals surface area contributed by atoms with Gasteiger partial charge in [0.15, 0.2) is 21.5 Å². The minimum absolute atomic E-state index is 0.0395. The van der Waals surface area contributed by atoms with E-state index < -0.39 is 21.5 Å². The number of carbonyl (C=O) groups is 1. The van der Waals surface area contributed by atoms with Crippen LogP contribution in [0.15, 0.2) is 117 Å². The molecule has 8 nitrogen and oxygen atoms in total. The summed E-state index contributed by atoms with van der Waals surface area (Å²) in [4.78, 5) is 21.5. The highest BCUT2D eigenvalue weighted by Crippen LogP contribution is 2.49. The maximum Gasteiger partial charge on any atom is 0.259 e. The first-order valence-electron chi connectivity index (χ1n) is 14.3. The van der Waals surface area contributed by atoms with E-state index in [0.29, 0.717) is 35.9 Å². The number of ether oxygens (including phenoxy) is 2. The van der Waals surface area contributed by atoms with Crippen LogP contribution < -0.4 is 9.64 Å². The molecule has 0 fully saturated rings. The lowest BCUT2D eigenvalue weighted by molar-refractivity contribution is -0.126. The molecule has 0 unspecified atom stereocenters. The summed E-state index contributed by atoms with van der Waals surface area (Å²) in [6.07, 6.45) is 0.0325. The fraction of sp³-hybridized carbons (Fsp3) is 0.235. The number of fused-ring (bicyclic) bond motifs is 1. The van der Waals surface area contributed by atoms with E-state index in [9.17, 15) is 13.2 Å².